The van der Waals surface area contributed by atoms with Gasteiger partial charge in [-0.2, -0.15) is 5.10 Å². The van der Waals surface area contributed by atoms with E-state index in [-0.39, 0.29) is 11.7 Å². The number of amides is 1. The van der Waals surface area contributed by atoms with Gasteiger partial charge in [-0.15, -0.1) is 10.2 Å². The second-order valence-corrected chi connectivity index (χ2v) is 8.22. The maximum Gasteiger partial charge on any atom is 0.250 e. The monoisotopic (exact) mass is 477 g/mol. The summed E-state index contributed by atoms with van der Waals surface area (Å²) in [4.78, 5) is 12.3. The van der Waals surface area contributed by atoms with Crippen molar-refractivity contribution in [1.29, 1.82) is 0 Å². The molecule has 0 aliphatic rings. The molecular formula is C24H20ClN5O2S. The fraction of sp³-hybridized carbons (Fsp3) is 0.0833. The molecule has 0 unspecified atom stereocenters. The molecule has 0 saturated heterocycles. The van der Waals surface area contributed by atoms with Crippen molar-refractivity contribution in [3.63, 3.8) is 0 Å². The van der Waals surface area contributed by atoms with Crippen LogP contribution in [-0.2, 0) is 4.79 Å². The van der Waals surface area contributed by atoms with Gasteiger partial charge in [-0.25, -0.2) is 5.43 Å². The standard InChI is InChI=1S/C24H20ClN5O2S/c1-32-21-13-7-17(8-14-21)15-26-27-22(31)16-33-24-29-28-23(18-5-3-2-4-6-18)30(24)20-11-9-19(25)10-12-20/h2-15H,16H2,1H3,(H,27,31). The number of benzene rings is 3. The van der Waals surface area contributed by atoms with Gasteiger partial charge in [-0.3, -0.25) is 9.36 Å². The van der Waals surface area contributed by atoms with Crippen LogP contribution in [-0.4, -0.2) is 39.7 Å². The molecule has 0 atom stereocenters. The minimum Gasteiger partial charge on any atom is -0.497 e. The minimum absolute atomic E-state index is 0.125. The van der Waals surface area contributed by atoms with Gasteiger partial charge < -0.3 is 4.74 Å². The first-order valence-corrected chi connectivity index (χ1v) is 11.4. The summed E-state index contributed by atoms with van der Waals surface area (Å²) in [7, 11) is 1.61. The molecule has 33 heavy (non-hydrogen) atoms. The number of hydrogen-bond donors (Lipinski definition) is 1. The number of hydrogen-bond acceptors (Lipinski definition) is 6. The van der Waals surface area contributed by atoms with E-state index in [9.17, 15) is 4.79 Å². The number of halogens is 1. The molecule has 3 aromatic carbocycles. The number of rotatable bonds is 8. The van der Waals surface area contributed by atoms with Crippen molar-refractivity contribution in [2.24, 2.45) is 5.10 Å². The van der Waals surface area contributed by atoms with Gasteiger partial charge in [0, 0.05) is 16.3 Å². The molecular weight excluding hydrogens is 458 g/mol. The second kappa shape index (κ2) is 10.8. The molecule has 1 aromatic heterocycles. The Bertz CT molecular complexity index is 1240. The highest BCUT2D eigenvalue weighted by Crippen LogP contribution is 2.28. The fourth-order valence-corrected chi connectivity index (χ4v) is 3.86. The van der Waals surface area contributed by atoms with Crippen molar-refractivity contribution in [3.8, 4) is 22.8 Å². The Kier molecular flexibility index (Phi) is 7.39. The van der Waals surface area contributed by atoms with Crippen LogP contribution in [0.25, 0.3) is 17.1 Å². The quantitative estimate of drug-likeness (QED) is 0.223. The molecule has 0 fully saturated rings. The molecule has 4 aromatic rings. The molecule has 0 saturated carbocycles. The van der Waals surface area contributed by atoms with Crippen molar-refractivity contribution in [3.05, 3.63) is 89.4 Å². The van der Waals surface area contributed by atoms with Crippen molar-refractivity contribution in [2.75, 3.05) is 12.9 Å². The summed E-state index contributed by atoms with van der Waals surface area (Å²) in [6, 6.07) is 24.5. The molecule has 4 rings (SSSR count). The van der Waals surface area contributed by atoms with Crippen LogP contribution in [0.5, 0.6) is 5.75 Å². The topological polar surface area (TPSA) is 81.4 Å². The van der Waals surface area contributed by atoms with Gasteiger partial charge in [0.25, 0.3) is 5.91 Å². The van der Waals surface area contributed by atoms with E-state index in [1.54, 1.807) is 25.5 Å². The van der Waals surface area contributed by atoms with Crippen LogP contribution in [0.3, 0.4) is 0 Å². The van der Waals surface area contributed by atoms with Gasteiger partial charge in [0.05, 0.1) is 19.1 Å². The van der Waals surface area contributed by atoms with Crippen LogP contribution in [0.1, 0.15) is 5.56 Å². The number of aromatic nitrogens is 3. The number of ether oxygens (including phenoxy) is 1. The van der Waals surface area contributed by atoms with Crippen molar-refractivity contribution in [2.45, 2.75) is 5.16 Å². The fourth-order valence-electron chi connectivity index (χ4n) is 2.99. The van der Waals surface area contributed by atoms with E-state index in [0.29, 0.717) is 16.0 Å². The molecule has 9 heteroatoms. The van der Waals surface area contributed by atoms with Crippen LogP contribution in [0.2, 0.25) is 5.02 Å². The average molecular weight is 478 g/mol. The van der Waals surface area contributed by atoms with Gasteiger partial charge in [0.15, 0.2) is 11.0 Å². The summed E-state index contributed by atoms with van der Waals surface area (Å²) < 4.78 is 7.03. The molecule has 0 aliphatic heterocycles. The highest BCUT2D eigenvalue weighted by atomic mass is 35.5. The normalized spacial score (nSPS) is 11.0. The predicted molar refractivity (Wildman–Crippen MR) is 131 cm³/mol. The lowest BCUT2D eigenvalue weighted by atomic mass is 10.2. The zero-order valence-corrected chi connectivity index (χ0v) is 19.3. The number of hydrazone groups is 1. The van der Waals surface area contributed by atoms with Gasteiger partial charge in [-0.1, -0.05) is 53.7 Å². The number of thioether (sulfide) groups is 1. The lowest BCUT2D eigenvalue weighted by Gasteiger charge is -2.10. The minimum atomic E-state index is -0.253. The van der Waals surface area contributed by atoms with E-state index in [1.165, 1.54) is 11.8 Å². The number of carbonyl (C=O) groups excluding carboxylic acids is 1. The van der Waals surface area contributed by atoms with Crippen LogP contribution in [0.15, 0.2) is 89.1 Å². The van der Waals surface area contributed by atoms with Crippen LogP contribution in [0.4, 0.5) is 0 Å². The summed E-state index contributed by atoms with van der Waals surface area (Å²) in [5, 5.41) is 13.9. The Morgan fingerprint density at radius 3 is 2.48 bits per heavy atom. The number of methoxy groups -OCH3 is 1. The SMILES string of the molecule is COc1ccc(C=NNC(=O)CSc2nnc(-c3ccccc3)n2-c2ccc(Cl)cc2)cc1. The summed E-state index contributed by atoms with van der Waals surface area (Å²) in [5.74, 6) is 1.31. The lowest BCUT2D eigenvalue weighted by Crippen LogP contribution is -2.20. The summed E-state index contributed by atoms with van der Waals surface area (Å²) in [6.45, 7) is 0. The highest BCUT2D eigenvalue weighted by molar-refractivity contribution is 7.99. The lowest BCUT2D eigenvalue weighted by molar-refractivity contribution is -0.118. The molecule has 0 radical (unpaired) electrons. The average Bonchev–Trinajstić information content (AvgIpc) is 3.28. The molecule has 1 amide bonds. The zero-order valence-electron chi connectivity index (χ0n) is 17.7. The van der Waals surface area contributed by atoms with E-state index in [1.807, 2.05) is 71.3 Å². The van der Waals surface area contributed by atoms with Gasteiger partial charge in [0.1, 0.15) is 5.75 Å². The number of nitrogens with one attached hydrogen (secondary N) is 1. The van der Waals surface area contributed by atoms with E-state index >= 15 is 0 Å². The zero-order chi connectivity index (χ0) is 23.0. The second-order valence-electron chi connectivity index (χ2n) is 6.84. The van der Waals surface area contributed by atoms with Crippen LogP contribution >= 0.6 is 23.4 Å². The summed E-state index contributed by atoms with van der Waals surface area (Å²) in [6.07, 6.45) is 1.58. The Balaban J connectivity index is 1.47. The predicted octanol–water partition coefficient (Wildman–Crippen LogP) is 4.84. The molecule has 0 bridgehead atoms. The molecule has 7 nitrogen and oxygen atoms in total. The van der Waals surface area contributed by atoms with Gasteiger partial charge >= 0.3 is 0 Å². The Morgan fingerprint density at radius 1 is 1.06 bits per heavy atom. The molecule has 1 heterocycles. The van der Waals surface area contributed by atoms with E-state index in [0.717, 1.165) is 22.6 Å². The van der Waals surface area contributed by atoms with E-state index < -0.39 is 0 Å². The van der Waals surface area contributed by atoms with Crippen LogP contribution in [0, 0.1) is 0 Å². The first-order valence-electron chi connectivity index (χ1n) is 9.99. The van der Waals surface area contributed by atoms with E-state index in [2.05, 4.69) is 20.7 Å². The molecule has 0 aliphatic carbocycles. The van der Waals surface area contributed by atoms with Crippen molar-refractivity contribution >= 4 is 35.5 Å². The maximum absolute atomic E-state index is 12.3. The Hall–Kier alpha value is -3.62. The largest absolute Gasteiger partial charge is 0.497 e. The van der Waals surface area contributed by atoms with E-state index in [4.69, 9.17) is 16.3 Å². The third-order valence-corrected chi connectivity index (χ3v) is 5.78. The molecule has 1 N–H and O–H groups in total. The Morgan fingerprint density at radius 2 is 1.79 bits per heavy atom. The third-order valence-electron chi connectivity index (χ3n) is 4.60. The van der Waals surface area contributed by atoms with Crippen LogP contribution < -0.4 is 10.2 Å². The van der Waals surface area contributed by atoms with Gasteiger partial charge in [-0.05, 0) is 54.1 Å². The molecule has 166 valence electrons. The number of carbonyl (C=O) groups is 1. The maximum atomic E-state index is 12.3. The van der Waals surface area contributed by atoms with Crippen molar-refractivity contribution < 1.29 is 9.53 Å². The third kappa shape index (κ3) is 5.79. The first-order chi connectivity index (χ1) is 16.1. The van der Waals surface area contributed by atoms with Crippen molar-refractivity contribution in [1.82, 2.24) is 20.2 Å². The Labute approximate surface area is 200 Å². The van der Waals surface area contributed by atoms with Gasteiger partial charge in [0.2, 0.25) is 0 Å². The number of nitrogens with zero attached hydrogens (tertiary/aromatic N) is 4. The molecule has 0 spiro atoms. The smallest absolute Gasteiger partial charge is 0.250 e. The highest BCUT2D eigenvalue weighted by Gasteiger charge is 2.17. The summed E-state index contributed by atoms with van der Waals surface area (Å²) in [5.41, 5.74) is 5.15. The summed E-state index contributed by atoms with van der Waals surface area (Å²) >= 11 is 7.34. The first kappa shape index (κ1) is 22.6.